The van der Waals surface area contributed by atoms with Crippen LogP contribution < -0.4 is 5.32 Å². The lowest BCUT2D eigenvalue weighted by Gasteiger charge is -2.15. The Kier molecular flexibility index (Phi) is 5.78. The molecule has 1 aromatic rings. The van der Waals surface area contributed by atoms with E-state index in [-0.39, 0.29) is 6.10 Å². The lowest BCUT2D eigenvalue weighted by Crippen LogP contribution is -2.10. The molecule has 0 aliphatic rings. The van der Waals surface area contributed by atoms with Crippen molar-refractivity contribution in [1.82, 2.24) is 9.97 Å². The van der Waals surface area contributed by atoms with Crippen molar-refractivity contribution < 1.29 is 4.74 Å². The van der Waals surface area contributed by atoms with E-state index in [1.165, 1.54) is 0 Å². The highest BCUT2D eigenvalue weighted by molar-refractivity contribution is 5.32. The Morgan fingerprint density at radius 2 is 2.19 bits per heavy atom. The number of ether oxygens (including phenoxy) is 1. The summed E-state index contributed by atoms with van der Waals surface area (Å²) in [6, 6.07) is 1.88. The second-order valence-electron chi connectivity index (χ2n) is 3.56. The maximum absolute atomic E-state index is 5.65. The van der Waals surface area contributed by atoms with Crippen molar-refractivity contribution in [3.05, 3.63) is 18.1 Å². The van der Waals surface area contributed by atoms with Gasteiger partial charge in [0.05, 0.1) is 0 Å². The molecule has 1 rings (SSSR count). The summed E-state index contributed by atoms with van der Waals surface area (Å²) in [6.45, 7) is 7.74. The lowest BCUT2D eigenvalue weighted by atomic mass is 10.2. The van der Waals surface area contributed by atoms with Gasteiger partial charge in [-0.2, -0.15) is 0 Å². The molecule has 0 fully saturated rings. The Hall–Kier alpha value is -1.16. The van der Waals surface area contributed by atoms with E-state index in [0.717, 1.165) is 31.0 Å². The highest BCUT2D eigenvalue weighted by Gasteiger charge is 2.13. The molecule has 0 saturated carbocycles. The van der Waals surface area contributed by atoms with Crippen molar-refractivity contribution in [2.45, 2.75) is 39.7 Å². The van der Waals surface area contributed by atoms with Gasteiger partial charge in [-0.3, -0.25) is 0 Å². The zero-order valence-electron chi connectivity index (χ0n) is 10.4. The minimum Gasteiger partial charge on any atom is -0.371 e. The third-order valence-electron chi connectivity index (χ3n) is 2.24. The predicted octanol–water partition coefficient (Wildman–Crippen LogP) is 2.79. The van der Waals surface area contributed by atoms with Gasteiger partial charge in [0.1, 0.15) is 11.9 Å². The monoisotopic (exact) mass is 223 g/mol. The van der Waals surface area contributed by atoms with E-state index in [1.54, 1.807) is 6.20 Å². The highest BCUT2D eigenvalue weighted by atomic mass is 16.5. The molecule has 0 amide bonds. The molecule has 1 N–H and O–H groups in total. The minimum absolute atomic E-state index is 0.0219. The van der Waals surface area contributed by atoms with E-state index >= 15 is 0 Å². The molecule has 0 aliphatic heterocycles. The van der Waals surface area contributed by atoms with E-state index in [9.17, 15) is 0 Å². The molecule has 1 atom stereocenters. The maximum atomic E-state index is 5.65. The van der Waals surface area contributed by atoms with Crippen LogP contribution in [0.25, 0.3) is 0 Å². The van der Waals surface area contributed by atoms with Gasteiger partial charge in [-0.25, -0.2) is 9.97 Å². The fourth-order valence-corrected chi connectivity index (χ4v) is 1.56. The van der Waals surface area contributed by atoms with Gasteiger partial charge in [-0.1, -0.05) is 13.3 Å². The van der Waals surface area contributed by atoms with Gasteiger partial charge in [0.15, 0.2) is 5.82 Å². The first-order valence-corrected chi connectivity index (χ1v) is 6.00. The van der Waals surface area contributed by atoms with E-state index in [1.807, 2.05) is 19.9 Å². The highest BCUT2D eigenvalue weighted by Crippen LogP contribution is 2.19. The standard InChI is InChI=1S/C12H21N3O/c1-4-7-10(16-6-3)12-14-9-8-11(15-12)13-5-2/h8-10H,4-7H2,1-3H3,(H,13,14,15). The van der Waals surface area contributed by atoms with Crippen LogP contribution in [0.15, 0.2) is 12.3 Å². The van der Waals surface area contributed by atoms with Crippen LogP contribution in [0.5, 0.6) is 0 Å². The largest absolute Gasteiger partial charge is 0.371 e. The number of rotatable bonds is 7. The third-order valence-corrected chi connectivity index (χ3v) is 2.24. The van der Waals surface area contributed by atoms with Crippen molar-refractivity contribution in [3.63, 3.8) is 0 Å². The van der Waals surface area contributed by atoms with Gasteiger partial charge in [0.25, 0.3) is 0 Å². The zero-order valence-corrected chi connectivity index (χ0v) is 10.4. The second-order valence-corrected chi connectivity index (χ2v) is 3.56. The number of hydrogen-bond acceptors (Lipinski definition) is 4. The smallest absolute Gasteiger partial charge is 0.159 e. The molecular formula is C12H21N3O. The predicted molar refractivity (Wildman–Crippen MR) is 65.5 cm³/mol. The van der Waals surface area contributed by atoms with Crippen molar-refractivity contribution in [1.29, 1.82) is 0 Å². The molecule has 4 nitrogen and oxygen atoms in total. The normalized spacial score (nSPS) is 12.4. The summed E-state index contributed by atoms with van der Waals surface area (Å²) in [4.78, 5) is 8.74. The molecule has 90 valence electrons. The average Bonchev–Trinajstić information content (AvgIpc) is 2.30. The van der Waals surface area contributed by atoms with E-state index in [2.05, 4.69) is 22.2 Å². The Balaban J connectivity index is 2.77. The van der Waals surface area contributed by atoms with Crippen LogP contribution in [0, 0.1) is 0 Å². The van der Waals surface area contributed by atoms with Gasteiger partial charge < -0.3 is 10.1 Å². The molecule has 0 bridgehead atoms. The van der Waals surface area contributed by atoms with E-state index < -0.39 is 0 Å². The van der Waals surface area contributed by atoms with E-state index in [0.29, 0.717) is 6.61 Å². The molecule has 1 heterocycles. The first-order valence-electron chi connectivity index (χ1n) is 6.00. The minimum atomic E-state index is 0.0219. The summed E-state index contributed by atoms with van der Waals surface area (Å²) in [5.74, 6) is 1.65. The molecular weight excluding hydrogens is 202 g/mol. The maximum Gasteiger partial charge on any atom is 0.159 e. The van der Waals surface area contributed by atoms with Gasteiger partial charge in [-0.15, -0.1) is 0 Å². The molecule has 1 unspecified atom stereocenters. The van der Waals surface area contributed by atoms with Crippen LogP contribution in [0.2, 0.25) is 0 Å². The number of hydrogen-bond donors (Lipinski definition) is 1. The molecule has 16 heavy (non-hydrogen) atoms. The van der Waals surface area contributed by atoms with Gasteiger partial charge in [0.2, 0.25) is 0 Å². The Bertz CT molecular complexity index is 298. The van der Waals surface area contributed by atoms with Crippen molar-refractivity contribution in [3.8, 4) is 0 Å². The van der Waals surface area contributed by atoms with Crippen LogP contribution in [0.4, 0.5) is 5.82 Å². The topological polar surface area (TPSA) is 47.0 Å². The number of nitrogens with one attached hydrogen (secondary N) is 1. The van der Waals surface area contributed by atoms with Crippen LogP contribution in [0.3, 0.4) is 0 Å². The lowest BCUT2D eigenvalue weighted by molar-refractivity contribution is 0.0494. The molecule has 1 aromatic heterocycles. The third kappa shape index (κ3) is 3.77. The van der Waals surface area contributed by atoms with Gasteiger partial charge >= 0.3 is 0 Å². The van der Waals surface area contributed by atoms with Gasteiger partial charge in [-0.05, 0) is 26.3 Å². The van der Waals surface area contributed by atoms with Crippen LogP contribution in [0.1, 0.15) is 45.5 Å². The number of aromatic nitrogens is 2. The molecule has 0 aliphatic carbocycles. The van der Waals surface area contributed by atoms with Crippen molar-refractivity contribution >= 4 is 5.82 Å². The summed E-state index contributed by atoms with van der Waals surface area (Å²) in [7, 11) is 0. The summed E-state index contributed by atoms with van der Waals surface area (Å²) in [5, 5.41) is 3.18. The molecule has 0 spiro atoms. The van der Waals surface area contributed by atoms with Crippen molar-refractivity contribution in [2.24, 2.45) is 0 Å². The quantitative estimate of drug-likeness (QED) is 0.772. The average molecular weight is 223 g/mol. The zero-order chi connectivity index (χ0) is 11.8. The molecule has 0 aromatic carbocycles. The fourth-order valence-electron chi connectivity index (χ4n) is 1.56. The van der Waals surface area contributed by atoms with Crippen LogP contribution in [-0.2, 0) is 4.74 Å². The molecule has 0 radical (unpaired) electrons. The molecule has 4 heteroatoms. The summed E-state index contributed by atoms with van der Waals surface area (Å²) in [5.41, 5.74) is 0. The Morgan fingerprint density at radius 3 is 2.81 bits per heavy atom. The Labute approximate surface area is 97.5 Å². The van der Waals surface area contributed by atoms with Crippen LogP contribution >= 0.6 is 0 Å². The SMILES string of the molecule is CCCC(OCC)c1nccc(NCC)n1. The van der Waals surface area contributed by atoms with Crippen LogP contribution in [-0.4, -0.2) is 23.1 Å². The van der Waals surface area contributed by atoms with E-state index in [4.69, 9.17) is 4.74 Å². The van der Waals surface area contributed by atoms with Gasteiger partial charge in [0, 0.05) is 19.3 Å². The summed E-state index contributed by atoms with van der Waals surface area (Å²) >= 11 is 0. The number of anilines is 1. The first kappa shape index (κ1) is 12.9. The second kappa shape index (κ2) is 7.17. The first-order chi connectivity index (χ1) is 7.81. The fraction of sp³-hybridized carbons (Fsp3) is 0.667. The summed E-state index contributed by atoms with van der Waals surface area (Å²) < 4.78 is 5.65. The molecule has 0 saturated heterocycles. The number of nitrogens with zero attached hydrogens (tertiary/aromatic N) is 2. The summed E-state index contributed by atoms with van der Waals surface area (Å²) in [6.07, 6.45) is 3.83. The Morgan fingerprint density at radius 1 is 1.38 bits per heavy atom. The van der Waals surface area contributed by atoms with Crippen molar-refractivity contribution in [2.75, 3.05) is 18.5 Å².